The van der Waals surface area contributed by atoms with E-state index >= 15 is 0 Å². The Morgan fingerprint density at radius 1 is 1.10 bits per heavy atom. The smallest absolute Gasteiger partial charge is 0.336 e. The zero-order valence-corrected chi connectivity index (χ0v) is 12.4. The van der Waals surface area contributed by atoms with Crippen molar-refractivity contribution in [2.24, 2.45) is 0 Å². The summed E-state index contributed by atoms with van der Waals surface area (Å²) in [6.45, 7) is 5.83. The van der Waals surface area contributed by atoms with E-state index in [9.17, 15) is 4.79 Å². The van der Waals surface area contributed by atoms with Gasteiger partial charge in [-0.15, -0.1) is 0 Å². The van der Waals surface area contributed by atoms with Gasteiger partial charge in [-0.1, -0.05) is 0 Å². The lowest BCUT2D eigenvalue weighted by Gasteiger charge is -2.21. The average molecular weight is 283 g/mol. The molecular formula is C17H17NO3. The third-order valence-corrected chi connectivity index (χ3v) is 4.46. The highest BCUT2D eigenvalue weighted by atomic mass is 16.4. The summed E-state index contributed by atoms with van der Waals surface area (Å²) in [6.07, 6.45) is 0.930. The van der Waals surface area contributed by atoms with Gasteiger partial charge in [0.05, 0.1) is 0 Å². The summed E-state index contributed by atoms with van der Waals surface area (Å²) in [5, 5.41) is 2.15. The van der Waals surface area contributed by atoms with Gasteiger partial charge in [0.2, 0.25) is 0 Å². The molecular weight excluding hydrogens is 266 g/mol. The third-order valence-electron chi connectivity index (χ3n) is 4.46. The van der Waals surface area contributed by atoms with Crippen LogP contribution in [0.4, 0.5) is 0 Å². The highest BCUT2D eigenvalue weighted by molar-refractivity contribution is 6.00. The molecule has 108 valence electrons. The summed E-state index contributed by atoms with van der Waals surface area (Å²) in [5.74, 6) is 1.07. The van der Waals surface area contributed by atoms with Gasteiger partial charge in [0.1, 0.15) is 16.9 Å². The molecule has 3 aromatic rings. The van der Waals surface area contributed by atoms with Crippen molar-refractivity contribution in [3.63, 3.8) is 0 Å². The average Bonchev–Trinajstić information content (AvgIpc) is 2.79. The van der Waals surface area contributed by atoms with E-state index in [4.69, 9.17) is 8.83 Å². The van der Waals surface area contributed by atoms with E-state index in [0.29, 0.717) is 5.58 Å². The minimum absolute atomic E-state index is 0.307. The summed E-state index contributed by atoms with van der Waals surface area (Å²) < 4.78 is 11.5. The number of aryl methyl sites for hydroxylation is 2. The molecule has 0 spiro atoms. The fourth-order valence-electron chi connectivity index (χ4n) is 3.30. The van der Waals surface area contributed by atoms with Crippen LogP contribution in [0.3, 0.4) is 0 Å². The first kappa shape index (κ1) is 12.7. The van der Waals surface area contributed by atoms with Crippen LogP contribution in [-0.4, -0.2) is 18.5 Å². The molecule has 0 saturated heterocycles. The molecule has 0 bridgehead atoms. The van der Waals surface area contributed by atoms with Crippen LogP contribution in [0.25, 0.3) is 21.9 Å². The molecule has 2 aromatic heterocycles. The fraction of sp³-hybridized carbons (Fsp3) is 0.353. The normalized spacial score (nSPS) is 15.8. The van der Waals surface area contributed by atoms with Crippen molar-refractivity contribution < 1.29 is 8.83 Å². The standard InChI is InChI=1S/C17H17NO3/c1-9-6-15(19)21-16-10(2)17-12(7-11(9)16)13-8-18(3)5-4-14(13)20-17/h6-7H,4-5,8H2,1-3H3. The van der Waals surface area contributed by atoms with Crippen molar-refractivity contribution in [1.29, 1.82) is 0 Å². The third kappa shape index (κ3) is 1.75. The minimum Gasteiger partial charge on any atom is -0.460 e. The molecule has 0 aliphatic carbocycles. The van der Waals surface area contributed by atoms with E-state index in [1.807, 2.05) is 13.8 Å². The number of benzene rings is 1. The van der Waals surface area contributed by atoms with Crippen molar-refractivity contribution in [3.8, 4) is 0 Å². The topological polar surface area (TPSA) is 46.6 Å². The molecule has 4 heteroatoms. The molecule has 1 aromatic carbocycles. The fourth-order valence-corrected chi connectivity index (χ4v) is 3.30. The van der Waals surface area contributed by atoms with Crippen molar-refractivity contribution in [2.45, 2.75) is 26.8 Å². The van der Waals surface area contributed by atoms with Gasteiger partial charge in [-0.05, 0) is 32.5 Å². The lowest BCUT2D eigenvalue weighted by atomic mass is 10.00. The largest absolute Gasteiger partial charge is 0.460 e. The van der Waals surface area contributed by atoms with Crippen LogP contribution < -0.4 is 5.63 Å². The second-order valence-electron chi connectivity index (χ2n) is 5.99. The van der Waals surface area contributed by atoms with E-state index in [1.54, 1.807) is 6.07 Å². The Labute approximate surface area is 121 Å². The Balaban J connectivity index is 2.15. The number of hydrogen-bond donors (Lipinski definition) is 0. The molecule has 0 saturated carbocycles. The van der Waals surface area contributed by atoms with Crippen LogP contribution in [0.2, 0.25) is 0 Å². The number of nitrogens with zero attached hydrogens (tertiary/aromatic N) is 1. The zero-order chi connectivity index (χ0) is 14.7. The van der Waals surface area contributed by atoms with Crippen LogP contribution >= 0.6 is 0 Å². The molecule has 0 radical (unpaired) electrons. The summed E-state index contributed by atoms with van der Waals surface area (Å²) in [7, 11) is 2.12. The molecule has 4 nitrogen and oxygen atoms in total. The Morgan fingerprint density at radius 3 is 2.67 bits per heavy atom. The molecule has 0 amide bonds. The second kappa shape index (κ2) is 4.21. The maximum Gasteiger partial charge on any atom is 0.336 e. The van der Waals surface area contributed by atoms with E-state index in [2.05, 4.69) is 18.0 Å². The number of rotatable bonds is 0. The molecule has 4 rings (SSSR count). The molecule has 1 aliphatic heterocycles. The summed E-state index contributed by atoms with van der Waals surface area (Å²) in [5.41, 5.74) is 4.34. The molecule has 0 fully saturated rings. The quantitative estimate of drug-likeness (QED) is 0.595. The molecule has 21 heavy (non-hydrogen) atoms. The number of hydrogen-bond acceptors (Lipinski definition) is 4. The Kier molecular flexibility index (Phi) is 2.54. The van der Waals surface area contributed by atoms with Crippen LogP contribution in [0.5, 0.6) is 0 Å². The molecule has 0 N–H and O–H groups in total. The predicted octanol–water partition coefficient (Wildman–Crippen LogP) is 3.14. The van der Waals surface area contributed by atoms with E-state index < -0.39 is 0 Å². The number of likely N-dealkylation sites (N-methyl/N-ethyl adjacent to an activating group) is 1. The lowest BCUT2D eigenvalue weighted by molar-refractivity contribution is 0.296. The summed E-state index contributed by atoms with van der Waals surface area (Å²) in [6, 6.07) is 3.66. The maximum atomic E-state index is 11.6. The van der Waals surface area contributed by atoms with Crippen molar-refractivity contribution in [3.05, 3.63) is 45.0 Å². The van der Waals surface area contributed by atoms with Crippen molar-refractivity contribution >= 4 is 21.9 Å². The molecule has 1 aliphatic rings. The molecule has 0 atom stereocenters. The van der Waals surface area contributed by atoms with Gasteiger partial charge in [0, 0.05) is 47.5 Å². The molecule has 3 heterocycles. The van der Waals surface area contributed by atoms with Crippen molar-refractivity contribution in [2.75, 3.05) is 13.6 Å². The second-order valence-corrected chi connectivity index (χ2v) is 5.99. The number of fused-ring (bicyclic) bond motifs is 4. The summed E-state index contributed by atoms with van der Waals surface area (Å²) in [4.78, 5) is 13.9. The lowest BCUT2D eigenvalue weighted by Crippen LogP contribution is -2.25. The molecule has 0 unspecified atom stereocenters. The van der Waals surface area contributed by atoms with E-state index in [1.165, 1.54) is 5.56 Å². The monoisotopic (exact) mass is 283 g/mol. The van der Waals surface area contributed by atoms with Gasteiger partial charge < -0.3 is 13.7 Å². The van der Waals surface area contributed by atoms with Crippen LogP contribution in [0.1, 0.15) is 22.5 Å². The van der Waals surface area contributed by atoms with Gasteiger partial charge in [-0.3, -0.25) is 0 Å². The van der Waals surface area contributed by atoms with Gasteiger partial charge in [0.25, 0.3) is 0 Å². The Morgan fingerprint density at radius 2 is 1.86 bits per heavy atom. The highest BCUT2D eigenvalue weighted by Crippen LogP contribution is 2.36. The number of furan rings is 1. The zero-order valence-electron chi connectivity index (χ0n) is 12.4. The van der Waals surface area contributed by atoms with Crippen LogP contribution in [-0.2, 0) is 13.0 Å². The van der Waals surface area contributed by atoms with Gasteiger partial charge in [0.15, 0.2) is 0 Å². The maximum absolute atomic E-state index is 11.6. The SMILES string of the molecule is Cc1cc(=O)oc2c(C)c3oc4c(c3cc12)CN(C)CC4. The first-order valence-corrected chi connectivity index (χ1v) is 7.21. The predicted molar refractivity (Wildman–Crippen MR) is 81.8 cm³/mol. The Bertz CT molecular complexity index is 933. The van der Waals surface area contributed by atoms with Crippen LogP contribution in [0.15, 0.2) is 25.8 Å². The summed E-state index contributed by atoms with van der Waals surface area (Å²) >= 11 is 0. The van der Waals surface area contributed by atoms with Gasteiger partial charge in [-0.25, -0.2) is 4.79 Å². The minimum atomic E-state index is -0.307. The van der Waals surface area contributed by atoms with Crippen LogP contribution in [0, 0.1) is 13.8 Å². The first-order chi connectivity index (χ1) is 10.0. The van der Waals surface area contributed by atoms with Gasteiger partial charge in [-0.2, -0.15) is 0 Å². The van der Waals surface area contributed by atoms with Gasteiger partial charge >= 0.3 is 5.63 Å². The van der Waals surface area contributed by atoms with Crippen molar-refractivity contribution in [1.82, 2.24) is 4.90 Å². The highest BCUT2D eigenvalue weighted by Gasteiger charge is 2.23. The van der Waals surface area contributed by atoms with E-state index in [-0.39, 0.29) is 5.63 Å². The van der Waals surface area contributed by atoms with E-state index in [0.717, 1.165) is 52.8 Å². The first-order valence-electron chi connectivity index (χ1n) is 7.21. The Hall–Kier alpha value is -2.07.